The molecule has 6 nitrogen and oxygen atoms in total. The minimum Gasteiger partial charge on any atom is -0.357 e. The monoisotopic (exact) mass is 329 g/mol. The van der Waals surface area contributed by atoms with Crippen LogP contribution >= 0.6 is 0 Å². The van der Waals surface area contributed by atoms with Crippen molar-refractivity contribution < 1.29 is 4.52 Å². The zero-order valence-electron chi connectivity index (χ0n) is 15.2. The van der Waals surface area contributed by atoms with E-state index in [0.717, 1.165) is 12.5 Å². The van der Waals surface area contributed by atoms with Crippen molar-refractivity contribution >= 4 is 5.96 Å². The first-order valence-electron chi connectivity index (χ1n) is 8.29. The van der Waals surface area contributed by atoms with Gasteiger partial charge >= 0.3 is 0 Å². The molecule has 0 fully saturated rings. The van der Waals surface area contributed by atoms with Gasteiger partial charge in [-0.3, -0.25) is 0 Å². The van der Waals surface area contributed by atoms with Crippen LogP contribution in [0.5, 0.6) is 0 Å². The highest BCUT2D eigenvalue weighted by atomic mass is 16.5. The van der Waals surface area contributed by atoms with Crippen molar-refractivity contribution in [3.05, 3.63) is 47.1 Å². The summed E-state index contributed by atoms with van der Waals surface area (Å²) in [6.07, 6.45) is 0. The Hall–Kier alpha value is -2.37. The lowest BCUT2D eigenvalue weighted by Gasteiger charge is -2.11. The molecule has 0 atom stereocenters. The molecule has 1 heterocycles. The molecule has 1 aromatic carbocycles. The molecule has 2 N–H and O–H groups in total. The lowest BCUT2D eigenvalue weighted by Crippen LogP contribution is -2.37. The standard InChI is InChI=1S/C18H27N5O/c1-6-19-17(20-11-14-9-7-13(2)8-10-14)21-12-15-22-16(24-23-15)18(3,4)5/h7-10H,6,11-12H2,1-5H3,(H2,19,20,21). The summed E-state index contributed by atoms with van der Waals surface area (Å²) in [4.78, 5) is 9.01. The number of aryl methyl sites for hydroxylation is 1. The van der Waals surface area contributed by atoms with Crippen molar-refractivity contribution in [2.75, 3.05) is 6.54 Å². The molecule has 2 rings (SSSR count). The quantitative estimate of drug-likeness (QED) is 0.651. The van der Waals surface area contributed by atoms with Gasteiger partial charge in [-0.1, -0.05) is 55.8 Å². The first kappa shape index (κ1) is 18.0. The van der Waals surface area contributed by atoms with Gasteiger partial charge in [0, 0.05) is 12.0 Å². The number of aromatic nitrogens is 2. The van der Waals surface area contributed by atoms with Gasteiger partial charge in [0.15, 0.2) is 11.8 Å². The Morgan fingerprint density at radius 3 is 2.46 bits per heavy atom. The van der Waals surface area contributed by atoms with Crippen molar-refractivity contribution in [1.29, 1.82) is 0 Å². The van der Waals surface area contributed by atoms with Crippen molar-refractivity contribution in [3.8, 4) is 0 Å². The highest BCUT2D eigenvalue weighted by Gasteiger charge is 2.21. The second kappa shape index (κ2) is 7.95. The van der Waals surface area contributed by atoms with E-state index < -0.39 is 0 Å². The average Bonchev–Trinajstić information content (AvgIpc) is 3.01. The summed E-state index contributed by atoms with van der Waals surface area (Å²) >= 11 is 0. The predicted molar refractivity (Wildman–Crippen MR) is 95.8 cm³/mol. The van der Waals surface area contributed by atoms with Gasteiger partial charge in [-0.05, 0) is 19.4 Å². The molecule has 0 amide bonds. The van der Waals surface area contributed by atoms with Gasteiger partial charge in [0.05, 0.1) is 13.1 Å². The molecular formula is C18H27N5O. The topological polar surface area (TPSA) is 75.3 Å². The third-order valence-electron chi connectivity index (χ3n) is 3.41. The van der Waals surface area contributed by atoms with Gasteiger partial charge in [-0.15, -0.1) is 0 Å². The minimum atomic E-state index is -0.144. The number of benzene rings is 1. The Kier molecular flexibility index (Phi) is 5.95. The SMILES string of the molecule is CCNC(=NCc1ccc(C)cc1)NCc1noc(C(C)(C)C)n1. The normalized spacial score (nSPS) is 12.3. The van der Waals surface area contributed by atoms with Crippen molar-refractivity contribution in [2.45, 2.75) is 53.1 Å². The number of aliphatic imine (C=N–C) groups is 1. The number of guanidine groups is 1. The zero-order valence-corrected chi connectivity index (χ0v) is 15.2. The smallest absolute Gasteiger partial charge is 0.232 e. The van der Waals surface area contributed by atoms with E-state index in [-0.39, 0.29) is 5.41 Å². The largest absolute Gasteiger partial charge is 0.357 e. The summed E-state index contributed by atoms with van der Waals surface area (Å²) < 4.78 is 5.30. The molecule has 0 spiro atoms. The Bertz CT molecular complexity index is 667. The molecule has 6 heteroatoms. The fourth-order valence-electron chi connectivity index (χ4n) is 2.00. The molecule has 0 aliphatic rings. The Morgan fingerprint density at radius 2 is 1.88 bits per heavy atom. The summed E-state index contributed by atoms with van der Waals surface area (Å²) in [6.45, 7) is 12.1. The molecule has 0 unspecified atom stereocenters. The van der Waals surface area contributed by atoms with Crippen LogP contribution in [0.4, 0.5) is 0 Å². The van der Waals surface area contributed by atoms with E-state index in [0.29, 0.717) is 24.8 Å². The van der Waals surface area contributed by atoms with E-state index in [2.05, 4.69) is 57.0 Å². The maximum absolute atomic E-state index is 5.30. The first-order valence-corrected chi connectivity index (χ1v) is 8.29. The molecule has 0 bridgehead atoms. The number of nitrogens with zero attached hydrogens (tertiary/aromatic N) is 3. The summed E-state index contributed by atoms with van der Waals surface area (Å²) in [5.41, 5.74) is 2.28. The van der Waals surface area contributed by atoms with Gasteiger partial charge < -0.3 is 15.2 Å². The lowest BCUT2D eigenvalue weighted by atomic mass is 9.97. The summed E-state index contributed by atoms with van der Waals surface area (Å²) in [7, 11) is 0. The third kappa shape index (κ3) is 5.37. The molecule has 24 heavy (non-hydrogen) atoms. The van der Waals surface area contributed by atoms with Gasteiger partial charge in [0.1, 0.15) is 0 Å². The Balaban J connectivity index is 1.96. The van der Waals surface area contributed by atoms with E-state index in [1.54, 1.807) is 0 Å². The molecule has 0 saturated carbocycles. The number of hydrogen-bond donors (Lipinski definition) is 2. The first-order chi connectivity index (χ1) is 11.4. The second-order valence-corrected chi connectivity index (χ2v) is 6.80. The Morgan fingerprint density at radius 1 is 1.17 bits per heavy atom. The van der Waals surface area contributed by atoms with Crippen LogP contribution in [0.3, 0.4) is 0 Å². The maximum Gasteiger partial charge on any atom is 0.232 e. The summed E-state index contributed by atoms with van der Waals surface area (Å²) in [6, 6.07) is 8.38. The Labute approximate surface area is 143 Å². The number of hydrogen-bond acceptors (Lipinski definition) is 4. The fourth-order valence-corrected chi connectivity index (χ4v) is 2.00. The van der Waals surface area contributed by atoms with Crippen LogP contribution in [0.15, 0.2) is 33.8 Å². The zero-order chi connectivity index (χ0) is 17.6. The van der Waals surface area contributed by atoms with E-state index in [4.69, 9.17) is 4.52 Å². The van der Waals surface area contributed by atoms with E-state index in [1.165, 1.54) is 11.1 Å². The van der Waals surface area contributed by atoms with Crippen LogP contribution in [-0.2, 0) is 18.5 Å². The average molecular weight is 329 g/mol. The molecule has 1 aromatic heterocycles. The van der Waals surface area contributed by atoms with Crippen LogP contribution in [-0.4, -0.2) is 22.6 Å². The van der Waals surface area contributed by atoms with Crippen molar-refractivity contribution in [3.63, 3.8) is 0 Å². The lowest BCUT2D eigenvalue weighted by molar-refractivity contribution is 0.318. The van der Waals surface area contributed by atoms with Gasteiger partial charge in [-0.25, -0.2) is 4.99 Å². The predicted octanol–water partition coefficient (Wildman–Crippen LogP) is 2.93. The highest BCUT2D eigenvalue weighted by Crippen LogP contribution is 2.19. The molecule has 0 saturated heterocycles. The highest BCUT2D eigenvalue weighted by molar-refractivity contribution is 5.79. The fraction of sp³-hybridized carbons (Fsp3) is 0.500. The van der Waals surface area contributed by atoms with Crippen LogP contribution < -0.4 is 10.6 Å². The molecule has 130 valence electrons. The van der Waals surface area contributed by atoms with Crippen LogP contribution in [0.1, 0.15) is 50.5 Å². The van der Waals surface area contributed by atoms with Crippen LogP contribution in [0.25, 0.3) is 0 Å². The third-order valence-corrected chi connectivity index (χ3v) is 3.41. The second-order valence-electron chi connectivity index (χ2n) is 6.80. The van der Waals surface area contributed by atoms with Gasteiger partial charge in [0.25, 0.3) is 0 Å². The van der Waals surface area contributed by atoms with E-state index in [9.17, 15) is 0 Å². The minimum absolute atomic E-state index is 0.144. The van der Waals surface area contributed by atoms with Crippen molar-refractivity contribution in [1.82, 2.24) is 20.8 Å². The molecule has 0 aliphatic heterocycles. The maximum atomic E-state index is 5.30. The van der Waals surface area contributed by atoms with Crippen molar-refractivity contribution in [2.24, 2.45) is 4.99 Å². The molecular weight excluding hydrogens is 302 g/mol. The summed E-state index contributed by atoms with van der Waals surface area (Å²) in [5, 5.41) is 10.5. The summed E-state index contributed by atoms with van der Waals surface area (Å²) in [5.74, 6) is 2.00. The van der Waals surface area contributed by atoms with E-state index >= 15 is 0 Å². The van der Waals surface area contributed by atoms with Gasteiger partial charge in [0.2, 0.25) is 5.89 Å². The van der Waals surface area contributed by atoms with Crippen LogP contribution in [0, 0.1) is 6.92 Å². The molecule has 0 aliphatic carbocycles. The van der Waals surface area contributed by atoms with Gasteiger partial charge in [-0.2, -0.15) is 4.98 Å². The number of rotatable bonds is 5. The van der Waals surface area contributed by atoms with E-state index in [1.807, 2.05) is 27.7 Å². The molecule has 0 radical (unpaired) electrons. The molecule has 2 aromatic rings. The van der Waals surface area contributed by atoms with Crippen LogP contribution in [0.2, 0.25) is 0 Å². The number of nitrogens with one attached hydrogen (secondary N) is 2.